The van der Waals surface area contributed by atoms with Gasteiger partial charge in [-0.25, -0.2) is 0 Å². The summed E-state index contributed by atoms with van der Waals surface area (Å²) in [5.41, 5.74) is 2.05. The van der Waals surface area contributed by atoms with Crippen molar-refractivity contribution >= 4 is 50.9 Å². The topological polar surface area (TPSA) is 67.9 Å². The van der Waals surface area contributed by atoms with E-state index in [0.29, 0.717) is 10.2 Å². The second kappa shape index (κ2) is 4.19. The standard InChI is InChI=1S/C6H3Cl3N2O4S/c7-3-1-4(8)6(5(9)2-3)11-10-14-16(12,13)15-11/h1-2,10H. The largest absolute Gasteiger partial charge is 0.440 e. The van der Waals surface area contributed by atoms with Gasteiger partial charge < -0.3 is 0 Å². The Labute approximate surface area is 106 Å². The van der Waals surface area contributed by atoms with Crippen LogP contribution in [-0.4, -0.2) is 8.42 Å². The van der Waals surface area contributed by atoms with Crippen molar-refractivity contribution < 1.29 is 17.0 Å². The van der Waals surface area contributed by atoms with Crippen LogP contribution >= 0.6 is 34.8 Å². The summed E-state index contributed by atoms with van der Waals surface area (Å²) in [5, 5.41) is 1.19. The van der Waals surface area contributed by atoms with E-state index >= 15 is 0 Å². The third-order valence-electron chi connectivity index (χ3n) is 1.57. The Balaban J connectivity index is 2.42. The van der Waals surface area contributed by atoms with Gasteiger partial charge in [-0.2, -0.15) is 8.42 Å². The zero-order valence-electron chi connectivity index (χ0n) is 7.28. The van der Waals surface area contributed by atoms with Gasteiger partial charge in [0.1, 0.15) is 5.69 Å². The smallest absolute Gasteiger partial charge is 0.165 e. The molecule has 1 aliphatic heterocycles. The summed E-state index contributed by atoms with van der Waals surface area (Å²) in [5.74, 6) is 0. The van der Waals surface area contributed by atoms with Gasteiger partial charge in [0.2, 0.25) is 0 Å². The van der Waals surface area contributed by atoms with Crippen molar-refractivity contribution in [3.8, 4) is 0 Å². The van der Waals surface area contributed by atoms with Gasteiger partial charge in [-0.15, -0.1) is 13.7 Å². The first kappa shape index (κ1) is 12.2. The molecule has 10 heteroatoms. The van der Waals surface area contributed by atoms with Crippen LogP contribution in [0.5, 0.6) is 0 Å². The fraction of sp³-hybridized carbons (Fsp3) is 0. The lowest BCUT2D eigenvalue weighted by atomic mass is 10.3. The van der Waals surface area contributed by atoms with E-state index in [0.717, 1.165) is 0 Å². The highest BCUT2D eigenvalue weighted by atomic mass is 35.5. The second-order valence-electron chi connectivity index (χ2n) is 2.67. The third-order valence-corrected chi connectivity index (χ3v) is 2.98. The molecular weight excluding hydrogens is 303 g/mol. The first-order valence-corrected chi connectivity index (χ1v) is 6.19. The second-order valence-corrected chi connectivity index (χ2v) is 5.05. The van der Waals surface area contributed by atoms with Crippen LogP contribution in [0.2, 0.25) is 15.1 Å². The number of benzene rings is 1. The Kier molecular flexibility index (Phi) is 3.19. The maximum absolute atomic E-state index is 10.8. The molecule has 0 unspecified atom stereocenters. The molecule has 1 aromatic rings. The molecule has 6 nitrogen and oxygen atoms in total. The quantitative estimate of drug-likeness (QED) is 0.857. The van der Waals surface area contributed by atoms with Crippen molar-refractivity contribution in [3.63, 3.8) is 0 Å². The molecule has 2 rings (SSSR count). The van der Waals surface area contributed by atoms with Crippen LogP contribution in [0.25, 0.3) is 0 Å². The molecule has 0 saturated carbocycles. The van der Waals surface area contributed by atoms with Gasteiger partial charge in [0.05, 0.1) is 10.0 Å². The molecule has 0 bridgehead atoms. The zero-order valence-corrected chi connectivity index (χ0v) is 10.4. The van der Waals surface area contributed by atoms with E-state index in [9.17, 15) is 8.42 Å². The number of hydrazine groups is 1. The molecule has 16 heavy (non-hydrogen) atoms. The number of hydrogen-bond donors (Lipinski definition) is 1. The van der Waals surface area contributed by atoms with Crippen LogP contribution in [0.15, 0.2) is 12.1 Å². The number of anilines is 1. The Morgan fingerprint density at radius 3 is 2.19 bits per heavy atom. The summed E-state index contributed by atoms with van der Waals surface area (Å²) in [6.45, 7) is 0. The normalized spacial score (nSPS) is 19.1. The number of nitrogens with one attached hydrogen (secondary N) is 1. The lowest BCUT2D eigenvalue weighted by molar-refractivity contribution is 0.198. The van der Waals surface area contributed by atoms with E-state index < -0.39 is 10.4 Å². The van der Waals surface area contributed by atoms with Crippen LogP contribution in [0, 0.1) is 0 Å². The first-order valence-electron chi connectivity index (χ1n) is 3.72. The molecule has 0 radical (unpaired) electrons. The van der Waals surface area contributed by atoms with E-state index in [1.54, 1.807) is 0 Å². The summed E-state index contributed by atoms with van der Waals surface area (Å²) >= 11 is 17.3. The summed E-state index contributed by atoms with van der Waals surface area (Å²) in [4.78, 5) is 0. The van der Waals surface area contributed by atoms with Crippen LogP contribution in [0.3, 0.4) is 0 Å². The monoisotopic (exact) mass is 304 g/mol. The van der Waals surface area contributed by atoms with E-state index in [1.807, 2.05) is 5.59 Å². The molecule has 1 heterocycles. The number of nitrogens with zero attached hydrogens (tertiary/aromatic N) is 1. The molecule has 1 N–H and O–H groups in total. The van der Waals surface area contributed by atoms with Crippen LogP contribution in [0.4, 0.5) is 5.69 Å². The Morgan fingerprint density at radius 2 is 1.75 bits per heavy atom. The minimum absolute atomic E-state index is 0.0776. The van der Waals surface area contributed by atoms with Gasteiger partial charge in [0.25, 0.3) is 0 Å². The van der Waals surface area contributed by atoms with Crippen LogP contribution in [0.1, 0.15) is 0 Å². The average Bonchev–Trinajstić information content (AvgIpc) is 2.44. The minimum Gasteiger partial charge on any atom is -0.165 e. The number of halogens is 3. The van der Waals surface area contributed by atoms with Gasteiger partial charge in [-0.1, -0.05) is 40.4 Å². The number of hydrogen-bond acceptors (Lipinski definition) is 6. The Morgan fingerprint density at radius 1 is 1.19 bits per heavy atom. The SMILES string of the molecule is O=S1(=O)ONN(c2c(Cl)cc(Cl)cc2Cl)O1. The molecule has 1 aromatic carbocycles. The number of rotatable bonds is 1. The molecule has 1 aliphatic rings. The van der Waals surface area contributed by atoms with Crippen molar-refractivity contribution in [3.05, 3.63) is 27.2 Å². The van der Waals surface area contributed by atoms with Gasteiger partial charge in [-0.05, 0) is 12.1 Å². The van der Waals surface area contributed by atoms with Crippen molar-refractivity contribution in [2.75, 3.05) is 5.17 Å². The molecule has 0 aliphatic carbocycles. The predicted octanol–water partition coefficient (Wildman–Crippen LogP) is 2.08. The van der Waals surface area contributed by atoms with Crippen molar-refractivity contribution in [1.82, 2.24) is 5.59 Å². The zero-order chi connectivity index (χ0) is 11.9. The van der Waals surface area contributed by atoms with Gasteiger partial charge in [0, 0.05) is 5.02 Å². The summed E-state index contributed by atoms with van der Waals surface area (Å²) in [6.07, 6.45) is 0. The molecule has 0 atom stereocenters. The summed E-state index contributed by atoms with van der Waals surface area (Å²) in [6, 6.07) is 2.75. The summed E-state index contributed by atoms with van der Waals surface area (Å²) in [7, 11) is -4.12. The van der Waals surface area contributed by atoms with Crippen LogP contribution < -0.4 is 10.8 Å². The van der Waals surface area contributed by atoms with E-state index in [4.69, 9.17) is 34.8 Å². The van der Waals surface area contributed by atoms with E-state index in [2.05, 4.69) is 8.57 Å². The highest BCUT2D eigenvalue weighted by Crippen LogP contribution is 2.37. The van der Waals surface area contributed by atoms with Gasteiger partial charge >= 0.3 is 10.4 Å². The maximum Gasteiger partial charge on any atom is 0.440 e. The van der Waals surface area contributed by atoms with Crippen molar-refractivity contribution in [1.29, 1.82) is 0 Å². The Hall–Kier alpha value is -0.280. The Bertz CT molecular complexity index is 512. The predicted molar refractivity (Wildman–Crippen MR) is 58.2 cm³/mol. The average molecular weight is 306 g/mol. The fourth-order valence-electron chi connectivity index (χ4n) is 1.01. The molecular formula is C6H3Cl3N2O4S. The van der Waals surface area contributed by atoms with Crippen molar-refractivity contribution in [2.24, 2.45) is 0 Å². The molecule has 0 aromatic heterocycles. The molecule has 0 spiro atoms. The first-order chi connectivity index (χ1) is 7.39. The molecule has 1 fully saturated rings. The molecule has 1 saturated heterocycles. The summed E-state index contributed by atoms with van der Waals surface area (Å²) < 4.78 is 30.2. The third kappa shape index (κ3) is 2.35. The lowest BCUT2D eigenvalue weighted by Gasteiger charge is -2.14. The van der Waals surface area contributed by atoms with E-state index in [1.165, 1.54) is 12.1 Å². The molecule has 0 amide bonds. The highest BCUT2D eigenvalue weighted by Gasteiger charge is 2.31. The lowest BCUT2D eigenvalue weighted by Crippen LogP contribution is -2.28. The van der Waals surface area contributed by atoms with Crippen LogP contribution in [-0.2, 0) is 19.0 Å². The molecule has 88 valence electrons. The minimum atomic E-state index is -4.12. The van der Waals surface area contributed by atoms with E-state index in [-0.39, 0.29) is 15.7 Å². The van der Waals surface area contributed by atoms with Gasteiger partial charge in [0.15, 0.2) is 0 Å². The highest BCUT2D eigenvalue weighted by molar-refractivity contribution is 7.82. The fourth-order valence-corrected chi connectivity index (χ4v) is 2.46. The van der Waals surface area contributed by atoms with Crippen molar-refractivity contribution in [2.45, 2.75) is 0 Å². The van der Waals surface area contributed by atoms with Gasteiger partial charge in [-0.3, -0.25) is 0 Å². The maximum atomic E-state index is 10.8.